The smallest absolute Gasteiger partial charge is 0.264 e. The summed E-state index contributed by atoms with van der Waals surface area (Å²) in [5.74, 6) is -1.98. The zero-order valence-corrected chi connectivity index (χ0v) is 18.4. The highest BCUT2D eigenvalue weighted by Crippen LogP contribution is 2.31. The Kier molecular flexibility index (Phi) is 5.45. The second kappa shape index (κ2) is 8.45. The first-order valence-electron chi connectivity index (χ1n) is 10.3. The molecule has 0 aliphatic heterocycles. The van der Waals surface area contributed by atoms with Crippen LogP contribution in [0.4, 0.5) is 19.0 Å². The van der Waals surface area contributed by atoms with Gasteiger partial charge in [0.25, 0.3) is 5.56 Å². The minimum absolute atomic E-state index is 0.138. The zero-order valence-electron chi connectivity index (χ0n) is 17.6. The van der Waals surface area contributed by atoms with Crippen molar-refractivity contribution in [2.45, 2.75) is 19.4 Å². The maximum atomic E-state index is 14.9. The number of aromatic amines is 1. The van der Waals surface area contributed by atoms with Crippen LogP contribution in [0.3, 0.4) is 0 Å². The number of aromatic nitrogens is 5. The monoisotopic (exact) mass is 484 g/mol. The highest BCUT2D eigenvalue weighted by atomic mass is 35.5. The largest absolute Gasteiger partial charge is 0.360 e. The SMILES string of the molecule is CC[C@H](Nc1ncnc2[nH]cnc12)c1cc2ccc(F)c(Cl)c2c(=O)n1-c1cc(F)ccc1F. The highest BCUT2D eigenvalue weighted by molar-refractivity contribution is 6.35. The van der Waals surface area contributed by atoms with E-state index in [1.54, 1.807) is 6.07 Å². The Bertz CT molecular complexity index is 1620. The van der Waals surface area contributed by atoms with Gasteiger partial charge in [0.05, 0.1) is 28.5 Å². The first-order chi connectivity index (χ1) is 16.4. The number of benzene rings is 2. The number of pyridine rings is 1. The Morgan fingerprint density at radius 1 is 1.09 bits per heavy atom. The van der Waals surface area contributed by atoms with Crippen LogP contribution in [-0.4, -0.2) is 24.5 Å². The van der Waals surface area contributed by atoms with E-state index in [-0.39, 0.29) is 11.1 Å². The van der Waals surface area contributed by atoms with E-state index in [2.05, 4.69) is 25.3 Å². The van der Waals surface area contributed by atoms with Crippen molar-refractivity contribution >= 4 is 39.4 Å². The van der Waals surface area contributed by atoms with Crippen LogP contribution in [0.25, 0.3) is 27.6 Å². The molecule has 0 radical (unpaired) electrons. The number of H-pyrrole nitrogens is 1. The maximum absolute atomic E-state index is 14.9. The minimum atomic E-state index is -0.830. The average Bonchev–Trinajstić information content (AvgIpc) is 3.31. The van der Waals surface area contributed by atoms with Gasteiger partial charge in [0.15, 0.2) is 11.5 Å². The van der Waals surface area contributed by atoms with E-state index in [4.69, 9.17) is 11.6 Å². The lowest BCUT2D eigenvalue weighted by atomic mass is 10.0. The van der Waals surface area contributed by atoms with Gasteiger partial charge in [0.2, 0.25) is 0 Å². The topological polar surface area (TPSA) is 88.5 Å². The molecule has 3 aromatic heterocycles. The molecule has 2 N–H and O–H groups in total. The fraction of sp³-hybridized carbons (Fsp3) is 0.130. The summed E-state index contributed by atoms with van der Waals surface area (Å²) in [6, 6.07) is 6.33. The minimum Gasteiger partial charge on any atom is -0.360 e. The van der Waals surface area contributed by atoms with Crippen molar-refractivity contribution in [3.8, 4) is 5.69 Å². The summed E-state index contributed by atoms with van der Waals surface area (Å²) in [4.78, 5) is 29.0. The van der Waals surface area contributed by atoms with Crippen LogP contribution in [0.1, 0.15) is 25.1 Å². The molecule has 0 saturated heterocycles. The van der Waals surface area contributed by atoms with Crippen LogP contribution in [0.15, 0.2) is 53.8 Å². The predicted molar refractivity (Wildman–Crippen MR) is 123 cm³/mol. The molecule has 1 atom stereocenters. The van der Waals surface area contributed by atoms with Gasteiger partial charge in [-0.1, -0.05) is 24.6 Å². The van der Waals surface area contributed by atoms with E-state index < -0.39 is 34.1 Å². The summed E-state index contributed by atoms with van der Waals surface area (Å²) in [7, 11) is 0. The average molecular weight is 485 g/mol. The Balaban J connectivity index is 1.79. The van der Waals surface area contributed by atoms with Gasteiger partial charge >= 0.3 is 0 Å². The molecule has 7 nitrogen and oxygen atoms in total. The van der Waals surface area contributed by atoms with E-state index in [0.29, 0.717) is 34.5 Å². The summed E-state index contributed by atoms with van der Waals surface area (Å²) in [5.41, 5.74) is 0.165. The lowest BCUT2D eigenvalue weighted by Crippen LogP contribution is -2.27. The lowest BCUT2D eigenvalue weighted by molar-refractivity contribution is 0.584. The van der Waals surface area contributed by atoms with Crippen LogP contribution >= 0.6 is 11.6 Å². The highest BCUT2D eigenvalue weighted by Gasteiger charge is 2.23. The summed E-state index contributed by atoms with van der Waals surface area (Å²) in [6.07, 6.45) is 3.24. The molecule has 0 amide bonds. The molecule has 0 aliphatic rings. The van der Waals surface area contributed by atoms with Crippen LogP contribution < -0.4 is 10.9 Å². The summed E-state index contributed by atoms with van der Waals surface area (Å²) in [5, 5.41) is 3.04. The predicted octanol–water partition coefficient (Wildman–Crippen LogP) is 5.29. The molecule has 0 bridgehead atoms. The Hall–Kier alpha value is -3.92. The van der Waals surface area contributed by atoms with Crippen molar-refractivity contribution in [3.05, 3.63) is 87.6 Å². The van der Waals surface area contributed by atoms with Gasteiger partial charge in [0, 0.05) is 11.8 Å². The second-order valence-corrected chi connectivity index (χ2v) is 7.94. The summed E-state index contributed by atoms with van der Waals surface area (Å²) < 4.78 is 44.2. The maximum Gasteiger partial charge on any atom is 0.264 e. The number of fused-ring (bicyclic) bond motifs is 2. The van der Waals surface area contributed by atoms with Gasteiger partial charge in [0.1, 0.15) is 29.3 Å². The molecular weight excluding hydrogens is 469 g/mol. The molecule has 3 heterocycles. The fourth-order valence-electron chi connectivity index (χ4n) is 3.94. The second-order valence-electron chi connectivity index (χ2n) is 7.56. The quantitative estimate of drug-likeness (QED) is 0.354. The van der Waals surface area contributed by atoms with Gasteiger partial charge in [-0.3, -0.25) is 9.36 Å². The molecule has 2 aromatic carbocycles. The molecule has 5 rings (SSSR count). The molecule has 34 heavy (non-hydrogen) atoms. The van der Waals surface area contributed by atoms with Crippen molar-refractivity contribution in [1.82, 2.24) is 24.5 Å². The molecule has 0 fully saturated rings. The van der Waals surface area contributed by atoms with Gasteiger partial charge in [-0.25, -0.2) is 28.1 Å². The molecule has 0 aliphatic carbocycles. The first kappa shape index (κ1) is 21.9. The number of hydrogen-bond donors (Lipinski definition) is 2. The van der Waals surface area contributed by atoms with Crippen LogP contribution in [0.5, 0.6) is 0 Å². The molecule has 0 spiro atoms. The lowest BCUT2D eigenvalue weighted by Gasteiger charge is -2.24. The van der Waals surface area contributed by atoms with E-state index >= 15 is 0 Å². The fourth-order valence-corrected chi connectivity index (χ4v) is 4.19. The molecular formula is C23H16ClF3N6O. The van der Waals surface area contributed by atoms with Crippen LogP contribution in [0, 0.1) is 17.5 Å². The third-order valence-corrected chi connectivity index (χ3v) is 5.92. The Morgan fingerprint density at radius 2 is 1.88 bits per heavy atom. The molecule has 5 aromatic rings. The van der Waals surface area contributed by atoms with Crippen LogP contribution in [0.2, 0.25) is 5.02 Å². The van der Waals surface area contributed by atoms with E-state index in [1.807, 2.05) is 6.92 Å². The third-order valence-electron chi connectivity index (χ3n) is 5.55. The number of anilines is 1. The van der Waals surface area contributed by atoms with Gasteiger partial charge < -0.3 is 10.3 Å². The Morgan fingerprint density at radius 3 is 2.68 bits per heavy atom. The standard InChI is InChI=1S/C23H16ClF3N6O/c1-2-15(32-22-20-21(29-9-28-20)30-10-31-22)17-7-11-3-5-14(27)19(24)18(11)23(34)33(17)16-8-12(25)4-6-13(16)26/h3-10,15H,2H2,1H3,(H2,28,29,30,31,32)/t15-/m0/s1. The van der Waals surface area contributed by atoms with Crippen molar-refractivity contribution < 1.29 is 13.2 Å². The summed E-state index contributed by atoms with van der Waals surface area (Å²) in [6.45, 7) is 1.85. The van der Waals surface area contributed by atoms with E-state index in [1.165, 1.54) is 18.7 Å². The van der Waals surface area contributed by atoms with Gasteiger partial charge in [-0.2, -0.15) is 0 Å². The first-order valence-corrected chi connectivity index (χ1v) is 10.7. The third kappa shape index (κ3) is 3.56. The van der Waals surface area contributed by atoms with E-state index in [0.717, 1.165) is 28.8 Å². The molecule has 0 saturated carbocycles. The number of halogens is 4. The number of hydrogen-bond acceptors (Lipinski definition) is 5. The zero-order chi connectivity index (χ0) is 24.0. The number of nitrogens with zero attached hydrogens (tertiary/aromatic N) is 4. The number of imidazole rings is 1. The van der Waals surface area contributed by atoms with Gasteiger partial charge in [-0.15, -0.1) is 0 Å². The van der Waals surface area contributed by atoms with Crippen molar-refractivity contribution in [3.63, 3.8) is 0 Å². The number of nitrogens with one attached hydrogen (secondary N) is 2. The molecule has 11 heteroatoms. The van der Waals surface area contributed by atoms with Crippen molar-refractivity contribution in [2.75, 3.05) is 5.32 Å². The molecule has 0 unspecified atom stereocenters. The van der Waals surface area contributed by atoms with Gasteiger partial charge in [-0.05, 0) is 36.1 Å². The van der Waals surface area contributed by atoms with E-state index in [9.17, 15) is 18.0 Å². The van der Waals surface area contributed by atoms with Crippen LogP contribution in [-0.2, 0) is 0 Å². The molecule has 172 valence electrons. The normalized spacial score (nSPS) is 12.4. The number of rotatable bonds is 5. The summed E-state index contributed by atoms with van der Waals surface area (Å²) >= 11 is 6.11. The van der Waals surface area contributed by atoms with Crippen molar-refractivity contribution in [1.29, 1.82) is 0 Å². The Labute approximate surface area is 195 Å². The van der Waals surface area contributed by atoms with Crippen molar-refractivity contribution in [2.24, 2.45) is 0 Å².